The van der Waals surface area contributed by atoms with Gasteiger partial charge in [-0.25, -0.2) is 8.42 Å². The van der Waals surface area contributed by atoms with Crippen molar-refractivity contribution in [2.45, 2.75) is 20.3 Å². The Labute approximate surface area is 158 Å². The zero-order valence-corrected chi connectivity index (χ0v) is 17.9. The second kappa shape index (κ2) is 15.4. The Morgan fingerprint density at radius 1 is 1.22 bits per heavy atom. The van der Waals surface area contributed by atoms with Crippen LogP contribution in [0.1, 0.15) is 20.3 Å². The van der Waals surface area contributed by atoms with Crippen LogP contribution in [-0.4, -0.2) is 84.3 Å². The topological polar surface area (TPSA) is 83.0 Å². The monoisotopic (exact) mass is 464 g/mol. The Hall–Kier alpha value is -0.130. The summed E-state index contributed by atoms with van der Waals surface area (Å²) in [5.41, 5.74) is 0. The molecule has 0 spiro atoms. The maximum absolute atomic E-state index is 11.5. The van der Waals surface area contributed by atoms with E-state index < -0.39 is 9.84 Å². The van der Waals surface area contributed by atoms with Crippen molar-refractivity contribution < 1.29 is 13.2 Å². The van der Waals surface area contributed by atoms with Crippen LogP contribution in [0, 0.1) is 0 Å². The molecule has 0 saturated heterocycles. The first kappa shape index (κ1) is 25.1. The molecule has 0 saturated carbocycles. The molecule has 7 nitrogen and oxygen atoms in total. The Kier molecular flexibility index (Phi) is 16.8. The minimum atomic E-state index is -2.94. The lowest BCUT2D eigenvalue weighted by molar-refractivity contribution is 0.180. The van der Waals surface area contributed by atoms with E-state index in [0.29, 0.717) is 19.0 Å². The maximum atomic E-state index is 11.5. The van der Waals surface area contributed by atoms with Crippen LogP contribution < -0.4 is 10.6 Å². The van der Waals surface area contributed by atoms with E-state index in [-0.39, 0.29) is 35.5 Å². The van der Waals surface area contributed by atoms with E-state index >= 15 is 0 Å². The number of guanidine groups is 1. The summed E-state index contributed by atoms with van der Waals surface area (Å²) in [5, 5.41) is 6.18. The summed E-state index contributed by atoms with van der Waals surface area (Å²) in [6.07, 6.45) is 1.00. The highest BCUT2D eigenvalue weighted by molar-refractivity contribution is 14.0. The summed E-state index contributed by atoms with van der Waals surface area (Å²) in [5.74, 6) is 0.971. The number of likely N-dealkylation sites (N-methyl/N-ethyl adjacent to an activating group) is 1. The summed E-state index contributed by atoms with van der Waals surface area (Å²) in [6, 6.07) is 0. The molecule has 0 heterocycles. The third-order valence-corrected chi connectivity index (χ3v) is 4.84. The molecule has 0 fully saturated rings. The molecule has 23 heavy (non-hydrogen) atoms. The molecule has 9 heteroatoms. The lowest BCUT2D eigenvalue weighted by atomic mass is 10.4. The number of sulfone groups is 1. The van der Waals surface area contributed by atoms with E-state index in [1.165, 1.54) is 0 Å². The summed E-state index contributed by atoms with van der Waals surface area (Å²) in [4.78, 5) is 6.66. The van der Waals surface area contributed by atoms with E-state index in [2.05, 4.69) is 27.6 Å². The molecule has 0 bridgehead atoms. The van der Waals surface area contributed by atoms with Crippen molar-refractivity contribution in [3.63, 3.8) is 0 Å². The van der Waals surface area contributed by atoms with Crippen LogP contribution >= 0.6 is 24.0 Å². The van der Waals surface area contributed by atoms with E-state index in [0.717, 1.165) is 32.7 Å². The zero-order valence-electron chi connectivity index (χ0n) is 14.8. The fourth-order valence-corrected chi connectivity index (χ4v) is 2.44. The molecular formula is C14H33IN4O3S. The molecule has 0 atom stereocenters. The summed E-state index contributed by atoms with van der Waals surface area (Å²) >= 11 is 0. The highest BCUT2D eigenvalue weighted by Crippen LogP contribution is 1.89. The van der Waals surface area contributed by atoms with Crippen LogP contribution in [-0.2, 0) is 14.6 Å². The first-order chi connectivity index (χ1) is 10.4. The molecule has 140 valence electrons. The molecular weight excluding hydrogens is 431 g/mol. The minimum Gasteiger partial charge on any atom is -0.385 e. The second-order valence-electron chi connectivity index (χ2n) is 5.07. The number of methoxy groups -OCH3 is 1. The predicted molar refractivity (Wildman–Crippen MR) is 108 cm³/mol. The summed E-state index contributed by atoms with van der Waals surface area (Å²) in [7, 11) is 0.818. The molecule has 0 aromatic rings. The highest BCUT2D eigenvalue weighted by Gasteiger charge is 2.07. The second-order valence-corrected chi connectivity index (χ2v) is 7.55. The van der Waals surface area contributed by atoms with Gasteiger partial charge in [0.1, 0.15) is 0 Å². The molecule has 0 aliphatic carbocycles. The van der Waals surface area contributed by atoms with Crippen LogP contribution in [0.3, 0.4) is 0 Å². The molecule has 0 rings (SSSR count). The van der Waals surface area contributed by atoms with Gasteiger partial charge in [0.15, 0.2) is 15.8 Å². The van der Waals surface area contributed by atoms with Crippen LogP contribution in [0.5, 0.6) is 0 Å². The average molecular weight is 464 g/mol. The predicted octanol–water partition coefficient (Wildman–Crippen LogP) is 0.563. The lowest BCUT2D eigenvalue weighted by Gasteiger charge is -2.16. The molecule has 2 N–H and O–H groups in total. The van der Waals surface area contributed by atoms with E-state index in [4.69, 9.17) is 4.74 Å². The third-order valence-electron chi connectivity index (χ3n) is 3.13. The number of hydrogen-bond donors (Lipinski definition) is 2. The van der Waals surface area contributed by atoms with E-state index in [9.17, 15) is 8.42 Å². The minimum absolute atomic E-state index is 0. The Bertz CT molecular complexity index is 405. The Morgan fingerprint density at radius 2 is 1.91 bits per heavy atom. The van der Waals surface area contributed by atoms with Crippen molar-refractivity contribution in [1.82, 2.24) is 15.5 Å². The fraction of sp³-hybridized carbons (Fsp3) is 0.929. The van der Waals surface area contributed by atoms with Gasteiger partial charge in [-0.05, 0) is 20.4 Å². The molecule has 0 aromatic heterocycles. The number of ether oxygens (including phenoxy) is 1. The van der Waals surface area contributed by atoms with Gasteiger partial charge >= 0.3 is 0 Å². The van der Waals surface area contributed by atoms with Crippen LogP contribution in [0.25, 0.3) is 0 Å². The Morgan fingerprint density at radius 3 is 2.48 bits per heavy atom. The molecule has 0 aromatic carbocycles. The van der Waals surface area contributed by atoms with Crippen LogP contribution in [0.2, 0.25) is 0 Å². The van der Waals surface area contributed by atoms with Gasteiger partial charge in [-0.2, -0.15) is 0 Å². The van der Waals surface area contributed by atoms with E-state index in [1.54, 1.807) is 14.0 Å². The number of nitrogens with zero attached hydrogens (tertiary/aromatic N) is 2. The van der Waals surface area contributed by atoms with Crippen molar-refractivity contribution in [2.75, 3.05) is 65.0 Å². The molecule has 0 unspecified atom stereocenters. The van der Waals surface area contributed by atoms with Gasteiger partial charge < -0.3 is 20.3 Å². The smallest absolute Gasteiger partial charge is 0.191 e. The maximum Gasteiger partial charge on any atom is 0.191 e. The number of nitrogens with one attached hydrogen (secondary N) is 2. The summed E-state index contributed by atoms with van der Waals surface area (Å²) in [6.45, 7) is 8.03. The van der Waals surface area contributed by atoms with Gasteiger partial charge in [-0.3, -0.25) is 4.99 Å². The Balaban J connectivity index is 0. The van der Waals surface area contributed by atoms with Crippen molar-refractivity contribution in [2.24, 2.45) is 4.99 Å². The molecule has 0 aliphatic heterocycles. The number of hydrogen-bond acceptors (Lipinski definition) is 5. The zero-order chi connectivity index (χ0) is 16.8. The van der Waals surface area contributed by atoms with Gasteiger partial charge in [-0.15, -0.1) is 24.0 Å². The fourth-order valence-electron chi connectivity index (χ4n) is 1.73. The van der Waals surface area contributed by atoms with Gasteiger partial charge in [0.25, 0.3) is 0 Å². The van der Waals surface area contributed by atoms with Crippen LogP contribution in [0.15, 0.2) is 4.99 Å². The first-order valence-corrected chi connectivity index (χ1v) is 9.67. The molecule has 0 amide bonds. The third kappa shape index (κ3) is 15.2. The molecule has 0 radical (unpaired) electrons. The van der Waals surface area contributed by atoms with Crippen molar-refractivity contribution in [3.8, 4) is 0 Å². The van der Waals surface area contributed by atoms with Gasteiger partial charge in [-0.1, -0.05) is 6.92 Å². The van der Waals surface area contributed by atoms with Gasteiger partial charge in [0.2, 0.25) is 0 Å². The quantitative estimate of drug-likeness (QED) is 0.190. The largest absolute Gasteiger partial charge is 0.385 e. The average Bonchev–Trinajstić information content (AvgIpc) is 2.47. The number of rotatable bonds is 12. The number of aliphatic imine (C=N–C) groups is 1. The standard InChI is InChI=1S/C14H32N4O3S.HI/c1-5-15-14(17-9-13-22(19,20)6-2)16-8-11-18(3)10-7-12-21-4;/h5-13H2,1-4H3,(H2,15,16,17);1H. The van der Waals surface area contributed by atoms with Crippen molar-refractivity contribution in [1.29, 1.82) is 0 Å². The SMILES string of the molecule is CCNC(=NCCN(C)CCCOC)NCCS(=O)(=O)CC.I. The lowest BCUT2D eigenvalue weighted by Crippen LogP contribution is -2.40. The first-order valence-electron chi connectivity index (χ1n) is 7.85. The highest BCUT2D eigenvalue weighted by atomic mass is 127. The molecule has 0 aliphatic rings. The van der Waals surface area contributed by atoms with Gasteiger partial charge in [0.05, 0.1) is 12.3 Å². The summed E-state index contributed by atoms with van der Waals surface area (Å²) < 4.78 is 27.9. The van der Waals surface area contributed by atoms with Crippen molar-refractivity contribution >= 4 is 39.8 Å². The normalized spacial score (nSPS) is 12.1. The van der Waals surface area contributed by atoms with Crippen LogP contribution in [0.4, 0.5) is 0 Å². The number of halogens is 1. The van der Waals surface area contributed by atoms with Crippen molar-refractivity contribution in [3.05, 3.63) is 0 Å². The van der Waals surface area contributed by atoms with Gasteiger partial charge in [0, 0.05) is 45.6 Å². The van der Waals surface area contributed by atoms with E-state index in [1.807, 2.05) is 6.92 Å².